The fourth-order valence-electron chi connectivity index (χ4n) is 1.72. The molecule has 16 heavy (non-hydrogen) atoms. The summed E-state index contributed by atoms with van der Waals surface area (Å²) in [5, 5.41) is 1.37. The van der Waals surface area contributed by atoms with Crippen molar-refractivity contribution in [2.45, 2.75) is 13.0 Å². The predicted molar refractivity (Wildman–Crippen MR) is 70.8 cm³/mol. The molecule has 0 bridgehead atoms. The van der Waals surface area contributed by atoms with Gasteiger partial charge in [-0.1, -0.05) is 55.5 Å². The van der Waals surface area contributed by atoms with Crippen molar-refractivity contribution in [1.29, 1.82) is 0 Å². The third-order valence-electron chi connectivity index (χ3n) is 2.56. The number of hydrogen-bond acceptors (Lipinski definition) is 1. The van der Waals surface area contributed by atoms with E-state index in [1.54, 1.807) is 0 Å². The lowest BCUT2D eigenvalue weighted by Gasteiger charge is -2.16. The molecule has 0 saturated carbocycles. The Morgan fingerprint density at radius 1 is 0.875 bits per heavy atom. The number of benzene rings is 2. The number of rotatable bonds is 4. The van der Waals surface area contributed by atoms with E-state index in [1.165, 1.54) is 5.19 Å². The maximum Gasteiger partial charge on any atom is 0.266 e. The number of para-hydroxylation sites is 1. The molecule has 0 aliphatic rings. The Kier molecular flexibility index (Phi) is 3.78. The first-order valence-corrected chi connectivity index (χ1v) is 7.53. The highest BCUT2D eigenvalue weighted by Gasteiger charge is 2.13. The molecule has 0 aromatic heterocycles. The van der Waals surface area contributed by atoms with Crippen LogP contribution in [0.2, 0.25) is 6.04 Å². The minimum absolute atomic E-state index is 0.991. The average Bonchev–Trinajstić information content (AvgIpc) is 2.38. The quantitative estimate of drug-likeness (QED) is 0.731. The summed E-state index contributed by atoms with van der Waals surface area (Å²) in [6, 6.07) is 21.8. The van der Waals surface area contributed by atoms with Crippen LogP contribution in [0.4, 0.5) is 0 Å². The van der Waals surface area contributed by atoms with E-state index in [0.29, 0.717) is 0 Å². The van der Waals surface area contributed by atoms with Crippen molar-refractivity contribution in [3.8, 4) is 5.75 Å². The van der Waals surface area contributed by atoms with Gasteiger partial charge in [0, 0.05) is 0 Å². The van der Waals surface area contributed by atoms with Crippen LogP contribution in [0.5, 0.6) is 5.75 Å². The highest BCUT2D eigenvalue weighted by molar-refractivity contribution is 6.67. The van der Waals surface area contributed by atoms with Crippen LogP contribution in [0.1, 0.15) is 6.92 Å². The zero-order valence-corrected chi connectivity index (χ0v) is 10.6. The lowest BCUT2D eigenvalue weighted by molar-refractivity contribution is 0.579. The normalized spacial score (nSPS) is 12.1. The van der Waals surface area contributed by atoms with Gasteiger partial charge in [0.25, 0.3) is 9.04 Å². The summed E-state index contributed by atoms with van der Waals surface area (Å²) in [7, 11) is -1.30. The fourth-order valence-corrected chi connectivity index (χ4v) is 3.63. The maximum atomic E-state index is 6.09. The molecule has 0 N–H and O–H groups in total. The minimum Gasteiger partial charge on any atom is -0.542 e. The number of hydrogen-bond donors (Lipinski definition) is 0. The van der Waals surface area contributed by atoms with Crippen LogP contribution in [0.25, 0.3) is 0 Å². The molecule has 0 heterocycles. The molecule has 1 atom stereocenters. The van der Waals surface area contributed by atoms with Gasteiger partial charge in [-0.05, 0) is 23.4 Å². The van der Waals surface area contributed by atoms with Crippen LogP contribution in [-0.4, -0.2) is 9.04 Å². The van der Waals surface area contributed by atoms with Gasteiger partial charge in [-0.25, -0.2) is 0 Å². The van der Waals surface area contributed by atoms with Crippen molar-refractivity contribution in [3.05, 3.63) is 60.7 Å². The van der Waals surface area contributed by atoms with Crippen molar-refractivity contribution in [1.82, 2.24) is 0 Å². The van der Waals surface area contributed by atoms with Crippen LogP contribution in [0.15, 0.2) is 60.7 Å². The molecule has 0 saturated heterocycles. The second-order valence-corrected chi connectivity index (χ2v) is 6.43. The Morgan fingerprint density at radius 2 is 1.44 bits per heavy atom. The molecular formula is C14H16OSi. The Balaban J connectivity index is 2.13. The van der Waals surface area contributed by atoms with Crippen LogP contribution in [-0.2, 0) is 0 Å². The summed E-state index contributed by atoms with van der Waals surface area (Å²) in [6.07, 6.45) is 0. The standard InChI is InChI=1S/C14H16OSi/c1-2-16(14-11-7-4-8-12-14)15-13-9-5-3-6-10-13/h3-12,16H,2H2,1H3. The molecule has 2 rings (SSSR count). The molecule has 0 spiro atoms. The molecule has 0 amide bonds. The van der Waals surface area contributed by atoms with E-state index in [-0.39, 0.29) is 0 Å². The molecule has 1 nitrogen and oxygen atoms in total. The molecule has 2 heteroatoms. The molecule has 0 aliphatic carbocycles. The molecule has 0 fully saturated rings. The first-order chi connectivity index (χ1) is 7.90. The van der Waals surface area contributed by atoms with Gasteiger partial charge in [-0.2, -0.15) is 0 Å². The summed E-state index contributed by atoms with van der Waals surface area (Å²) < 4.78 is 6.09. The molecule has 2 aromatic carbocycles. The Labute approximate surface area is 98.4 Å². The highest BCUT2D eigenvalue weighted by Crippen LogP contribution is 2.11. The van der Waals surface area contributed by atoms with Crippen molar-refractivity contribution in [3.63, 3.8) is 0 Å². The van der Waals surface area contributed by atoms with E-state index in [4.69, 9.17) is 4.43 Å². The van der Waals surface area contributed by atoms with Gasteiger partial charge in [0.2, 0.25) is 0 Å². The third kappa shape index (κ3) is 2.73. The topological polar surface area (TPSA) is 9.23 Å². The SMILES string of the molecule is CC[SiH](Oc1ccccc1)c1ccccc1. The largest absolute Gasteiger partial charge is 0.542 e. The summed E-state index contributed by atoms with van der Waals surface area (Å²) in [4.78, 5) is 0. The minimum atomic E-state index is -1.30. The van der Waals surface area contributed by atoms with E-state index in [1.807, 2.05) is 36.4 Å². The summed E-state index contributed by atoms with van der Waals surface area (Å²) in [5.74, 6) is 0.991. The Hall–Kier alpha value is -1.54. The molecule has 0 radical (unpaired) electrons. The molecule has 2 aromatic rings. The van der Waals surface area contributed by atoms with Gasteiger partial charge < -0.3 is 4.43 Å². The Bertz CT molecular complexity index is 413. The van der Waals surface area contributed by atoms with Gasteiger partial charge in [0.1, 0.15) is 5.75 Å². The average molecular weight is 228 g/mol. The van der Waals surface area contributed by atoms with Crippen molar-refractivity contribution >= 4 is 14.2 Å². The summed E-state index contributed by atoms with van der Waals surface area (Å²) >= 11 is 0. The Morgan fingerprint density at radius 3 is 2.00 bits per heavy atom. The van der Waals surface area contributed by atoms with E-state index in [2.05, 4.69) is 31.2 Å². The maximum absolute atomic E-state index is 6.09. The first kappa shape index (κ1) is 11.0. The highest BCUT2D eigenvalue weighted by atomic mass is 28.3. The zero-order chi connectivity index (χ0) is 11.2. The zero-order valence-electron chi connectivity index (χ0n) is 9.47. The van der Waals surface area contributed by atoms with Crippen LogP contribution in [0, 0.1) is 0 Å². The van der Waals surface area contributed by atoms with E-state index >= 15 is 0 Å². The predicted octanol–water partition coefficient (Wildman–Crippen LogP) is 2.72. The van der Waals surface area contributed by atoms with Gasteiger partial charge in [-0.3, -0.25) is 0 Å². The van der Waals surface area contributed by atoms with Gasteiger partial charge >= 0.3 is 0 Å². The van der Waals surface area contributed by atoms with Gasteiger partial charge in [0.15, 0.2) is 0 Å². The van der Waals surface area contributed by atoms with Crippen LogP contribution >= 0.6 is 0 Å². The van der Waals surface area contributed by atoms with Gasteiger partial charge in [-0.15, -0.1) is 0 Å². The van der Waals surface area contributed by atoms with Crippen molar-refractivity contribution < 1.29 is 4.43 Å². The lowest BCUT2D eigenvalue weighted by atomic mass is 10.3. The first-order valence-electron chi connectivity index (χ1n) is 5.67. The molecular weight excluding hydrogens is 212 g/mol. The van der Waals surface area contributed by atoms with Crippen molar-refractivity contribution in [2.75, 3.05) is 0 Å². The fraction of sp³-hybridized carbons (Fsp3) is 0.143. The lowest BCUT2D eigenvalue weighted by Crippen LogP contribution is -2.35. The third-order valence-corrected chi connectivity index (χ3v) is 4.99. The monoisotopic (exact) mass is 228 g/mol. The van der Waals surface area contributed by atoms with Crippen LogP contribution < -0.4 is 9.61 Å². The smallest absolute Gasteiger partial charge is 0.266 e. The van der Waals surface area contributed by atoms with E-state index in [0.717, 1.165) is 11.8 Å². The summed E-state index contributed by atoms with van der Waals surface area (Å²) in [5.41, 5.74) is 0. The van der Waals surface area contributed by atoms with Gasteiger partial charge in [0.05, 0.1) is 0 Å². The summed E-state index contributed by atoms with van der Waals surface area (Å²) in [6.45, 7) is 2.20. The van der Waals surface area contributed by atoms with Crippen LogP contribution in [0.3, 0.4) is 0 Å². The second-order valence-electron chi connectivity index (χ2n) is 3.74. The molecule has 82 valence electrons. The second kappa shape index (κ2) is 5.52. The van der Waals surface area contributed by atoms with Crippen molar-refractivity contribution in [2.24, 2.45) is 0 Å². The molecule has 0 aliphatic heterocycles. The van der Waals surface area contributed by atoms with E-state index < -0.39 is 9.04 Å². The molecule has 1 unspecified atom stereocenters. The van der Waals surface area contributed by atoms with E-state index in [9.17, 15) is 0 Å².